The van der Waals surface area contributed by atoms with Crippen molar-refractivity contribution in [1.29, 1.82) is 0 Å². The maximum absolute atomic E-state index is 8.99. The van der Waals surface area contributed by atoms with Crippen molar-refractivity contribution in [3.63, 3.8) is 0 Å². The quantitative estimate of drug-likeness (QED) is 0.724. The molecule has 0 aromatic heterocycles. The monoisotopic (exact) mass is 417 g/mol. The van der Waals surface area contributed by atoms with E-state index < -0.39 is 0 Å². The molecule has 0 amide bonds. The number of halogens is 1. The Bertz CT molecular complexity index is 795. The molecule has 0 radical (unpaired) electrons. The zero-order valence-electron chi connectivity index (χ0n) is 16.2. The highest BCUT2D eigenvalue weighted by molar-refractivity contribution is 7.99. The fourth-order valence-corrected chi connectivity index (χ4v) is 5.27. The third-order valence-corrected chi connectivity index (χ3v) is 6.91. The van der Waals surface area contributed by atoms with E-state index in [4.69, 9.17) is 16.7 Å². The molecule has 0 saturated carbocycles. The van der Waals surface area contributed by atoms with E-state index in [-0.39, 0.29) is 0 Å². The summed E-state index contributed by atoms with van der Waals surface area (Å²) in [5, 5.41) is 9.79. The lowest BCUT2D eigenvalue weighted by atomic mass is 10.2. The lowest BCUT2D eigenvalue weighted by Gasteiger charge is -2.36. The minimum Gasteiger partial charge on any atom is -0.396 e. The van der Waals surface area contributed by atoms with Crippen LogP contribution in [-0.4, -0.2) is 67.3 Å². The molecule has 28 heavy (non-hydrogen) atoms. The van der Waals surface area contributed by atoms with Crippen LogP contribution in [-0.2, 0) is 0 Å². The van der Waals surface area contributed by atoms with E-state index in [0.717, 1.165) is 63.7 Å². The first-order valence-corrected chi connectivity index (χ1v) is 11.3. The molecule has 1 saturated heterocycles. The Morgan fingerprint density at radius 1 is 0.821 bits per heavy atom. The second kappa shape index (κ2) is 9.51. The van der Waals surface area contributed by atoms with Crippen molar-refractivity contribution < 1.29 is 5.11 Å². The summed E-state index contributed by atoms with van der Waals surface area (Å²) in [6.07, 6.45) is 2.01. The molecular formula is C22H28ClN3OS. The van der Waals surface area contributed by atoms with Gasteiger partial charge in [0.05, 0.1) is 11.4 Å². The average Bonchev–Trinajstić information content (AvgIpc) is 2.73. The van der Waals surface area contributed by atoms with Crippen LogP contribution in [0.3, 0.4) is 0 Å². The van der Waals surface area contributed by atoms with Crippen LogP contribution in [0.2, 0.25) is 5.02 Å². The van der Waals surface area contributed by atoms with Crippen LogP contribution in [0.4, 0.5) is 11.4 Å². The fraction of sp³-hybridized carbons (Fsp3) is 0.455. The summed E-state index contributed by atoms with van der Waals surface area (Å²) in [7, 11) is 0. The lowest BCUT2D eigenvalue weighted by molar-refractivity contribution is 0.124. The van der Waals surface area contributed by atoms with Gasteiger partial charge in [0.2, 0.25) is 0 Å². The number of rotatable bonds is 7. The van der Waals surface area contributed by atoms with Gasteiger partial charge in [-0.2, -0.15) is 0 Å². The molecule has 4 rings (SSSR count). The van der Waals surface area contributed by atoms with Crippen LogP contribution < -0.4 is 4.90 Å². The number of anilines is 2. The molecule has 0 atom stereocenters. The predicted molar refractivity (Wildman–Crippen MR) is 118 cm³/mol. The average molecular weight is 418 g/mol. The van der Waals surface area contributed by atoms with Crippen molar-refractivity contribution in [2.24, 2.45) is 0 Å². The molecular weight excluding hydrogens is 390 g/mol. The number of piperazine rings is 1. The molecule has 2 aliphatic heterocycles. The zero-order valence-corrected chi connectivity index (χ0v) is 17.8. The van der Waals surface area contributed by atoms with Crippen LogP contribution in [0.1, 0.15) is 12.8 Å². The summed E-state index contributed by atoms with van der Waals surface area (Å²) >= 11 is 8.14. The minimum atomic E-state index is 0.293. The maximum Gasteiger partial charge on any atom is 0.0567 e. The molecule has 150 valence electrons. The lowest BCUT2D eigenvalue weighted by Crippen LogP contribution is -2.47. The van der Waals surface area contributed by atoms with Gasteiger partial charge in [-0.3, -0.25) is 0 Å². The van der Waals surface area contributed by atoms with Crippen molar-refractivity contribution in [3.05, 3.63) is 47.5 Å². The van der Waals surface area contributed by atoms with E-state index >= 15 is 0 Å². The summed E-state index contributed by atoms with van der Waals surface area (Å²) in [4.78, 5) is 10.1. The first-order valence-electron chi connectivity index (χ1n) is 10.1. The van der Waals surface area contributed by atoms with Gasteiger partial charge >= 0.3 is 0 Å². The number of aliphatic hydroxyl groups is 1. The molecule has 2 heterocycles. The summed E-state index contributed by atoms with van der Waals surface area (Å²) in [5.41, 5.74) is 2.51. The molecule has 0 aliphatic carbocycles. The molecule has 6 heteroatoms. The summed E-state index contributed by atoms with van der Waals surface area (Å²) in [5.74, 6) is 0. The summed E-state index contributed by atoms with van der Waals surface area (Å²) in [6, 6.07) is 14.9. The van der Waals surface area contributed by atoms with E-state index in [0.29, 0.717) is 6.61 Å². The second-order valence-corrected chi connectivity index (χ2v) is 8.97. The fourth-order valence-electron chi connectivity index (χ4n) is 4.03. The molecule has 4 nitrogen and oxygen atoms in total. The van der Waals surface area contributed by atoms with Crippen LogP contribution in [0.5, 0.6) is 0 Å². The largest absolute Gasteiger partial charge is 0.396 e. The molecule has 2 aromatic carbocycles. The Labute approximate surface area is 177 Å². The van der Waals surface area contributed by atoms with Crippen LogP contribution in [0, 0.1) is 0 Å². The number of hydrogen-bond donors (Lipinski definition) is 1. The van der Waals surface area contributed by atoms with Gasteiger partial charge in [-0.25, -0.2) is 0 Å². The van der Waals surface area contributed by atoms with Crippen molar-refractivity contribution in [2.75, 3.05) is 57.3 Å². The highest BCUT2D eigenvalue weighted by atomic mass is 35.5. The first-order chi connectivity index (χ1) is 13.7. The highest BCUT2D eigenvalue weighted by Gasteiger charge is 2.23. The number of fused-ring (bicyclic) bond motifs is 2. The van der Waals surface area contributed by atoms with Gasteiger partial charge in [0.1, 0.15) is 0 Å². The van der Waals surface area contributed by atoms with Crippen LogP contribution >= 0.6 is 23.4 Å². The van der Waals surface area contributed by atoms with Gasteiger partial charge in [-0.15, -0.1) is 0 Å². The molecule has 1 fully saturated rings. The maximum atomic E-state index is 8.99. The van der Waals surface area contributed by atoms with E-state index in [1.165, 1.54) is 21.2 Å². The third kappa shape index (κ3) is 4.66. The second-order valence-electron chi connectivity index (χ2n) is 7.45. The van der Waals surface area contributed by atoms with Crippen molar-refractivity contribution in [2.45, 2.75) is 22.6 Å². The standard InChI is InChI=1S/C22H28ClN3OS/c23-18-7-8-22-20(17-18)26(19-5-1-2-6-21(19)28-22)11-3-9-24-12-14-25(15-13-24)10-4-16-27/h1-2,5-8,17,27H,3-4,9-16H2. The first kappa shape index (κ1) is 20.0. The third-order valence-electron chi connectivity index (χ3n) is 5.54. The molecule has 0 bridgehead atoms. The SMILES string of the molecule is OCCCN1CCN(CCCN2c3ccccc3Sc3ccc(Cl)cc32)CC1. The zero-order chi connectivity index (χ0) is 19.3. The van der Waals surface area contributed by atoms with Gasteiger partial charge in [-0.1, -0.05) is 35.5 Å². The van der Waals surface area contributed by atoms with Gasteiger partial charge < -0.3 is 19.8 Å². The predicted octanol–water partition coefficient (Wildman–Crippen LogP) is 4.33. The van der Waals surface area contributed by atoms with Crippen molar-refractivity contribution in [3.8, 4) is 0 Å². The van der Waals surface area contributed by atoms with E-state index in [1.807, 2.05) is 17.8 Å². The Morgan fingerprint density at radius 3 is 2.25 bits per heavy atom. The Morgan fingerprint density at radius 2 is 1.50 bits per heavy atom. The van der Waals surface area contributed by atoms with Crippen molar-refractivity contribution >= 4 is 34.7 Å². The molecule has 2 aromatic rings. The molecule has 0 spiro atoms. The Kier molecular flexibility index (Phi) is 6.81. The molecule has 0 unspecified atom stereocenters. The number of nitrogens with zero attached hydrogens (tertiary/aromatic N) is 3. The van der Waals surface area contributed by atoms with E-state index in [2.05, 4.69) is 51.1 Å². The highest BCUT2D eigenvalue weighted by Crippen LogP contribution is 2.48. The van der Waals surface area contributed by atoms with E-state index in [1.54, 1.807) is 0 Å². The number of benzene rings is 2. The smallest absolute Gasteiger partial charge is 0.0567 e. The minimum absolute atomic E-state index is 0.293. The Hall–Kier alpha value is -1.24. The van der Waals surface area contributed by atoms with Gasteiger partial charge in [0.25, 0.3) is 0 Å². The number of para-hydroxylation sites is 1. The van der Waals surface area contributed by atoms with E-state index in [9.17, 15) is 0 Å². The van der Waals surface area contributed by atoms with Gasteiger partial charge in [0, 0.05) is 60.7 Å². The number of aliphatic hydroxyl groups excluding tert-OH is 1. The van der Waals surface area contributed by atoms with Gasteiger partial charge in [0.15, 0.2) is 0 Å². The van der Waals surface area contributed by atoms with Crippen LogP contribution in [0.25, 0.3) is 0 Å². The molecule has 2 aliphatic rings. The topological polar surface area (TPSA) is 30.0 Å². The van der Waals surface area contributed by atoms with Crippen LogP contribution in [0.15, 0.2) is 52.3 Å². The summed E-state index contributed by atoms with van der Waals surface area (Å²) in [6.45, 7) is 7.90. The molecule has 1 N–H and O–H groups in total. The van der Waals surface area contributed by atoms with Crippen molar-refractivity contribution in [1.82, 2.24) is 9.80 Å². The number of hydrogen-bond acceptors (Lipinski definition) is 5. The van der Waals surface area contributed by atoms with Gasteiger partial charge in [-0.05, 0) is 49.7 Å². The summed E-state index contributed by atoms with van der Waals surface area (Å²) < 4.78 is 0. The normalized spacial score (nSPS) is 17.4. The Balaban J connectivity index is 1.37.